The van der Waals surface area contributed by atoms with E-state index in [-0.39, 0.29) is 0 Å². The van der Waals surface area contributed by atoms with E-state index in [2.05, 4.69) is 29.2 Å². The van der Waals surface area contributed by atoms with Crippen LogP contribution in [0.15, 0.2) is 23.8 Å². The molecule has 0 N–H and O–H groups in total. The van der Waals surface area contributed by atoms with Gasteiger partial charge in [-0.2, -0.15) is 0 Å². The minimum atomic E-state index is 0.968. The normalized spacial score (nSPS) is 19.1. The second-order valence-electron chi connectivity index (χ2n) is 5.67. The summed E-state index contributed by atoms with van der Waals surface area (Å²) in [6, 6.07) is 6.45. The molecule has 0 spiro atoms. The Morgan fingerprint density at radius 1 is 1.16 bits per heavy atom. The van der Waals surface area contributed by atoms with Gasteiger partial charge in [0.2, 0.25) is 0 Å². The monoisotopic (exact) mass is 257 g/mol. The minimum absolute atomic E-state index is 0.968. The maximum atomic E-state index is 5.32. The van der Waals surface area contributed by atoms with E-state index in [1.54, 1.807) is 12.7 Å². The van der Waals surface area contributed by atoms with Crippen molar-refractivity contribution in [1.82, 2.24) is 4.90 Å². The number of ether oxygens (including phenoxy) is 1. The summed E-state index contributed by atoms with van der Waals surface area (Å²) in [7, 11) is 1.74. The lowest BCUT2D eigenvalue weighted by Crippen LogP contribution is -2.21. The molecule has 1 aromatic rings. The van der Waals surface area contributed by atoms with Crippen LogP contribution in [0.4, 0.5) is 0 Å². The number of hydrogen-bond donors (Lipinski definition) is 0. The van der Waals surface area contributed by atoms with Crippen molar-refractivity contribution in [3.63, 3.8) is 0 Å². The highest BCUT2D eigenvalue weighted by atomic mass is 16.5. The second-order valence-corrected chi connectivity index (χ2v) is 5.67. The van der Waals surface area contributed by atoms with Crippen molar-refractivity contribution in [2.75, 3.05) is 26.7 Å². The van der Waals surface area contributed by atoms with Gasteiger partial charge >= 0.3 is 0 Å². The molecule has 3 rings (SSSR count). The molecule has 1 fully saturated rings. The Labute approximate surface area is 116 Å². The van der Waals surface area contributed by atoms with Crippen LogP contribution in [0.5, 0.6) is 5.75 Å². The summed E-state index contributed by atoms with van der Waals surface area (Å²) in [5, 5.41) is 0. The topological polar surface area (TPSA) is 12.5 Å². The molecule has 0 aromatic heterocycles. The van der Waals surface area contributed by atoms with E-state index >= 15 is 0 Å². The molecule has 0 atom stereocenters. The predicted octanol–water partition coefficient (Wildman–Crippen LogP) is 3.51. The van der Waals surface area contributed by atoms with Crippen LogP contribution in [0.1, 0.15) is 36.8 Å². The molecule has 0 radical (unpaired) electrons. The fourth-order valence-electron chi connectivity index (χ4n) is 3.15. The van der Waals surface area contributed by atoms with Crippen molar-refractivity contribution in [3.05, 3.63) is 34.9 Å². The molecular weight excluding hydrogens is 234 g/mol. The third-order valence-electron chi connectivity index (χ3n) is 4.38. The van der Waals surface area contributed by atoms with Crippen molar-refractivity contribution in [3.8, 4) is 5.75 Å². The molecule has 2 nitrogen and oxygen atoms in total. The summed E-state index contributed by atoms with van der Waals surface area (Å²) in [5.41, 5.74) is 4.43. The third-order valence-corrected chi connectivity index (χ3v) is 4.38. The average molecular weight is 257 g/mol. The maximum Gasteiger partial charge on any atom is 0.119 e. The fourth-order valence-corrected chi connectivity index (χ4v) is 3.15. The molecular formula is C17H23NO. The van der Waals surface area contributed by atoms with Crippen LogP contribution in [0.25, 0.3) is 6.08 Å². The Balaban J connectivity index is 1.67. The van der Waals surface area contributed by atoms with Crippen molar-refractivity contribution >= 4 is 6.08 Å². The van der Waals surface area contributed by atoms with Crippen LogP contribution in [-0.4, -0.2) is 31.6 Å². The summed E-state index contributed by atoms with van der Waals surface area (Å²) in [6.45, 7) is 3.85. The predicted molar refractivity (Wildman–Crippen MR) is 79.6 cm³/mol. The molecule has 0 unspecified atom stereocenters. The maximum absolute atomic E-state index is 5.32. The van der Waals surface area contributed by atoms with Crippen molar-refractivity contribution in [2.45, 2.75) is 32.1 Å². The number of likely N-dealkylation sites (tertiary alicyclic amines) is 1. The lowest BCUT2D eigenvalue weighted by molar-refractivity contribution is 0.342. The lowest BCUT2D eigenvalue weighted by Gasteiger charge is -2.20. The Hall–Kier alpha value is -1.28. The Morgan fingerprint density at radius 3 is 2.79 bits per heavy atom. The minimum Gasteiger partial charge on any atom is -0.497 e. The van der Waals surface area contributed by atoms with Crippen molar-refractivity contribution < 1.29 is 4.74 Å². The number of methoxy groups -OCH3 is 1. The lowest BCUT2D eigenvalue weighted by atomic mass is 9.90. The molecule has 2 heteroatoms. The van der Waals surface area contributed by atoms with E-state index in [0.717, 1.165) is 5.75 Å². The molecule has 1 aliphatic heterocycles. The fraction of sp³-hybridized carbons (Fsp3) is 0.529. The summed E-state index contributed by atoms with van der Waals surface area (Å²) in [5.74, 6) is 0.968. The average Bonchev–Trinajstić information content (AvgIpc) is 2.97. The molecule has 19 heavy (non-hydrogen) atoms. The van der Waals surface area contributed by atoms with Crippen LogP contribution >= 0.6 is 0 Å². The van der Waals surface area contributed by atoms with Crippen molar-refractivity contribution in [2.24, 2.45) is 0 Å². The zero-order valence-electron chi connectivity index (χ0n) is 11.8. The number of rotatable bonds is 4. The number of nitrogens with zero attached hydrogens (tertiary/aromatic N) is 1. The first-order chi connectivity index (χ1) is 9.35. The van der Waals surface area contributed by atoms with Crippen LogP contribution in [-0.2, 0) is 6.42 Å². The van der Waals surface area contributed by atoms with Crippen LogP contribution in [0, 0.1) is 0 Å². The number of aryl methyl sites for hydroxylation is 1. The summed E-state index contributed by atoms with van der Waals surface area (Å²) < 4.78 is 5.32. The highest BCUT2D eigenvalue weighted by Crippen LogP contribution is 2.29. The first-order valence-corrected chi connectivity index (χ1v) is 7.44. The number of hydrogen-bond acceptors (Lipinski definition) is 2. The van der Waals surface area contributed by atoms with Gasteiger partial charge in [-0.05, 0) is 68.5 Å². The van der Waals surface area contributed by atoms with E-state index in [4.69, 9.17) is 4.74 Å². The van der Waals surface area contributed by atoms with Gasteiger partial charge in [0.25, 0.3) is 0 Å². The zero-order chi connectivity index (χ0) is 13.1. The Morgan fingerprint density at radius 2 is 2.00 bits per heavy atom. The van der Waals surface area contributed by atoms with Gasteiger partial charge in [0.1, 0.15) is 5.75 Å². The second kappa shape index (κ2) is 5.79. The van der Waals surface area contributed by atoms with Crippen LogP contribution in [0.2, 0.25) is 0 Å². The van der Waals surface area contributed by atoms with Gasteiger partial charge in [-0.1, -0.05) is 17.7 Å². The van der Waals surface area contributed by atoms with Crippen molar-refractivity contribution in [1.29, 1.82) is 0 Å². The molecule has 0 bridgehead atoms. The van der Waals surface area contributed by atoms with Gasteiger partial charge in [0.15, 0.2) is 0 Å². The summed E-state index contributed by atoms with van der Waals surface area (Å²) in [4.78, 5) is 2.60. The zero-order valence-corrected chi connectivity index (χ0v) is 11.8. The van der Waals surface area contributed by atoms with Gasteiger partial charge in [0.05, 0.1) is 7.11 Å². The molecule has 0 saturated carbocycles. The standard InChI is InChI=1S/C17H23NO/c1-19-17-7-6-15-5-4-14(12-16(15)13-17)8-11-18-9-2-3-10-18/h6-7,12-13H,2-5,8-11H2,1H3. The van der Waals surface area contributed by atoms with E-state index in [0.29, 0.717) is 0 Å². The summed E-state index contributed by atoms with van der Waals surface area (Å²) >= 11 is 0. The van der Waals surface area contributed by atoms with E-state index in [1.807, 2.05) is 0 Å². The van der Waals surface area contributed by atoms with Crippen LogP contribution in [0.3, 0.4) is 0 Å². The van der Waals surface area contributed by atoms with Gasteiger partial charge in [0, 0.05) is 6.54 Å². The smallest absolute Gasteiger partial charge is 0.119 e. The first kappa shape index (κ1) is 12.7. The number of benzene rings is 1. The SMILES string of the molecule is COc1ccc2c(c1)C=C(CCN1CCCC1)CC2. The molecule has 1 aromatic carbocycles. The van der Waals surface area contributed by atoms with E-state index < -0.39 is 0 Å². The number of fused-ring (bicyclic) bond motifs is 1. The largest absolute Gasteiger partial charge is 0.497 e. The Kier molecular flexibility index (Phi) is 3.88. The van der Waals surface area contributed by atoms with E-state index in [9.17, 15) is 0 Å². The molecule has 102 valence electrons. The summed E-state index contributed by atoms with van der Waals surface area (Å²) in [6.07, 6.45) is 8.81. The Bertz CT molecular complexity index is 472. The van der Waals surface area contributed by atoms with Gasteiger partial charge < -0.3 is 9.64 Å². The molecule has 1 heterocycles. The molecule has 2 aliphatic rings. The highest BCUT2D eigenvalue weighted by molar-refractivity contribution is 5.61. The quantitative estimate of drug-likeness (QED) is 0.818. The highest BCUT2D eigenvalue weighted by Gasteiger charge is 2.14. The van der Waals surface area contributed by atoms with Crippen LogP contribution < -0.4 is 4.74 Å². The molecule has 0 amide bonds. The van der Waals surface area contributed by atoms with Gasteiger partial charge in [-0.3, -0.25) is 0 Å². The van der Waals surface area contributed by atoms with Gasteiger partial charge in [-0.25, -0.2) is 0 Å². The van der Waals surface area contributed by atoms with Gasteiger partial charge in [-0.15, -0.1) is 0 Å². The first-order valence-electron chi connectivity index (χ1n) is 7.44. The molecule has 1 saturated heterocycles. The third kappa shape index (κ3) is 3.01. The molecule has 1 aliphatic carbocycles. The van der Waals surface area contributed by atoms with E-state index in [1.165, 1.54) is 62.9 Å².